The molecule has 0 radical (unpaired) electrons. The minimum atomic E-state index is -4.67. The number of allylic oxidation sites excluding steroid dienone is 1. The number of rotatable bonds is 8. The first-order chi connectivity index (χ1) is 18.6. The van der Waals surface area contributed by atoms with Crippen LogP contribution >= 0.6 is 0 Å². The molecule has 0 N–H and O–H groups in total. The standard InChI is InChI=1S/C26H34F6N6O2/c1-6-22(16(2)3)40-24(39)38-13-9-10-20(18-14-17(4)19(15-21(18)38)26(30,31)32)37(23-33-35-36(5)34-23)12-8-7-11-25(27,28)29/h7-8,14-16,20,22H,6,9-13H2,1-5H3/b8-7+. The van der Waals surface area contributed by atoms with E-state index in [9.17, 15) is 31.1 Å². The van der Waals surface area contributed by atoms with Crippen LogP contribution < -0.4 is 9.80 Å². The van der Waals surface area contributed by atoms with Crippen LogP contribution in [-0.4, -0.2) is 51.7 Å². The van der Waals surface area contributed by atoms with Crippen LogP contribution in [0.25, 0.3) is 0 Å². The van der Waals surface area contributed by atoms with Gasteiger partial charge in [-0.25, -0.2) is 4.79 Å². The molecule has 222 valence electrons. The molecular formula is C26H34F6N6O2. The second-order valence-corrected chi connectivity index (χ2v) is 10.1. The van der Waals surface area contributed by atoms with E-state index >= 15 is 0 Å². The highest BCUT2D eigenvalue weighted by Gasteiger charge is 2.38. The molecule has 0 aliphatic carbocycles. The molecule has 0 fully saturated rings. The quantitative estimate of drug-likeness (QED) is 0.255. The molecule has 2 aromatic rings. The number of carbonyl (C=O) groups is 1. The van der Waals surface area contributed by atoms with Gasteiger partial charge in [0.25, 0.3) is 5.95 Å². The monoisotopic (exact) mass is 576 g/mol. The number of tetrazole rings is 1. The van der Waals surface area contributed by atoms with Gasteiger partial charge in [0, 0.05) is 13.1 Å². The molecule has 2 unspecified atom stereocenters. The summed E-state index contributed by atoms with van der Waals surface area (Å²) in [5.41, 5.74) is -0.541. The lowest BCUT2D eigenvalue weighted by atomic mass is 9.95. The van der Waals surface area contributed by atoms with Gasteiger partial charge in [0.15, 0.2) is 0 Å². The molecule has 1 amide bonds. The first-order valence-corrected chi connectivity index (χ1v) is 13.0. The summed E-state index contributed by atoms with van der Waals surface area (Å²) in [4.78, 5) is 17.3. The van der Waals surface area contributed by atoms with E-state index < -0.39 is 42.6 Å². The Morgan fingerprint density at radius 2 is 1.90 bits per heavy atom. The highest BCUT2D eigenvalue weighted by Crippen LogP contribution is 2.43. The van der Waals surface area contributed by atoms with Gasteiger partial charge in [0.2, 0.25) is 0 Å². The molecule has 8 nitrogen and oxygen atoms in total. The first kappa shape index (κ1) is 31.2. The maximum Gasteiger partial charge on any atom is 0.416 e. The fraction of sp³-hybridized carbons (Fsp3) is 0.615. The van der Waals surface area contributed by atoms with Crippen LogP contribution in [0.2, 0.25) is 0 Å². The summed E-state index contributed by atoms with van der Waals surface area (Å²) in [6.45, 7) is 6.97. The Balaban J connectivity index is 2.12. The Hall–Kier alpha value is -3.32. The van der Waals surface area contributed by atoms with Crippen LogP contribution in [0.4, 0.5) is 42.8 Å². The Labute approximate surface area is 228 Å². The highest BCUT2D eigenvalue weighted by atomic mass is 19.4. The van der Waals surface area contributed by atoms with Crippen molar-refractivity contribution in [3.05, 3.63) is 41.0 Å². The number of fused-ring (bicyclic) bond motifs is 1. The van der Waals surface area contributed by atoms with E-state index in [0.717, 1.165) is 12.1 Å². The number of hydrogen-bond donors (Lipinski definition) is 0. The highest BCUT2D eigenvalue weighted by molar-refractivity contribution is 5.89. The lowest BCUT2D eigenvalue weighted by molar-refractivity contribution is -0.138. The fourth-order valence-electron chi connectivity index (χ4n) is 4.78. The fourth-order valence-corrected chi connectivity index (χ4v) is 4.78. The van der Waals surface area contributed by atoms with Gasteiger partial charge in [0.1, 0.15) is 6.10 Å². The molecule has 2 atom stereocenters. The van der Waals surface area contributed by atoms with E-state index in [0.29, 0.717) is 24.8 Å². The van der Waals surface area contributed by atoms with Crippen LogP contribution in [0.3, 0.4) is 0 Å². The summed E-state index contributed by atoms with van der Waals surface area (Å²) >= 11 is 0. The van der Waals surface area contributed by atoms with E-state index in [1.807, 2.05) is 20.8 Å². The summed E-state index contributed by atoms with van der Waals surface area (Å²) in [6.07, 6.45) is -7.85. The third-order valence-corrected chi connectivity index (χ3v) is 6.76. The number of halogens is 6. The lowest BCUT2D eigenvalue weighted by Crippen LogP contribution is -2.37. The second kappa shape index (κ2) is 12.5. The molecular weight excluding hydrogens is 542 g/mol. The number of alkyl halides is 6. The Kier molecular flexibility index (Phi) is 9.72. The SMILES string of the molecule is CCC(OC(=O)N1CCCC(N(C/C=C/CC(F)(F)F)c2nnn(C)n2)c2cc(C)c(C(F)(F)F)cc21)C(C)C. The largest absolute Gasteiger partial charge is 0.446 e. The van der Waals surface area contributed by atoms with Gasteiger partial charge >= 0.3 is 18.4 Å². The van der Waals surface area contributed by atoms with Gasteiger partial charge in [0.05, 0.1) is 30.8 Å². The Morgan fingerprint density at radius 1 is 1.20 bits per heavy atom. The van der Waals surface area contributed by atoms with Crippen molar-refractivity contribution in [2.45, 2.75) is 77.9 Å². The first-order valence-electron chi connectivity index (χ1n) is 13.0. The zero-order valence-corrected chi connectivity index (χ0v) is 23.1. The molecule has 40 heavy (non-hydrogen) atoms. The molecule has 1 aromatic heterocycles. The van der Waals surface area contributed by atoms with Gasteiger partial charge in [-0.3, -0.25) is 4.90 Å². The molecule has 0 saturated carbocycles. The maximum absolute atomic E-state index is 14.0. The number of aromatic nitrogens is 4. The number of nitrogens with zero attached hydrogens (tertiary/aromatic N) is 6. The molecule has 14 heteroatoms. The number of amides is 1. The van der Waals surface area contributed by atoms with Crippen LogP contribution in [0, 0.1) is 12.8 Å². The average Bonchev–Trinajstić information content (AvgIpc) is 3.18. The lowest BCUT2D eigenvalue weighted by Gasteiger charge is -2.32. The zero-order chi connectivity index (χ0) is 29.8. The van der Waals surface area contributed by atoms with E-state index in [2.05, 4.69) is 15.4 Å². The van der Waals surface area contributed by atoms with Gasteiger partial charge < -0.3 is 9.64 Å². The van der Waals surface area contributed by atoms with Crippen molar-refractivity contribution in [2.75, 3.05) is 22.9 Å². The van der Waals surface area contributed by atoms with E-state index in [-0.39, 0.29) is 36.2 Å². The summed E-state index contributed by atoms with van der Waals surface area (Å²) in [6, 6.07) is 1.65. The minimum Gasteiger partial charge on any atom is -0.446 e. The van der Waals surface area contributed by atoms with E-state index in [4.69, 9.17) is 4.74 Å². The average molecular weight is 577 g/mol. The minimum absolute atomic E-state index is 0.00129. The van der Waals surface area contributed by atoms with Crippen molar-refractivity contribution in [3.8, 4) is 0 Å². The predicted octanol–water partition coefficient (Wildman–Crippen LogP) is 6.77. The van der Waals surface area contributed by atoms with E-state index in [1.54, 1.807) is 4.90 Å². The van der Waals surface area contributed by atoms with Crippen LogP contribution in [0.15, 0.2) is 24.3 Å². The van der Waals surface area contributed by atoms with Crippen LogP contribution in [0.5, 0.6) is 0 Å². The van der Waals surface area contributed by atoms with Crippen molar-refractivity contribution in [3.63, 3.8) is 0 Å². The molecule has 1 aromatic carbocycles. The number of carbonyl (C=O) groups excluding carboxylic acids is 1. The molecule has 1 aliphatic rings. The number of hydrogen-bond acceptors (Lipinski definition) is 6. The normalized spacial score (nSPS) is 17.2. The van der Waals surface area contributed by atoms with Gasteiger partial charge in [-0.05, 0) is 54.5 Å². The van der Waals surface area contributed by atoms with Crippen LogP contribution in [-0.2, 0) is 18.0 Å². The number of benzene rings is 1. The van der Waals surface area contributed by atoms with Gasteiger partial charge in [-0.2, -0.15) is 31.1 Å². The second-order valence-electron chi connectivity index (χ2n) is 10.1. The number of anilines is 2. The van der Waals surface area contributed by atoms with Gasteiger partial charge in [-0.15, -0.1) is 5.10 Å². The third-order valence-electron chi connectivity index (χ3n) is 6.76. The molecule has 1 aliphatic heterocycles. The summed E-state index contributed by atoms with van der Waals surface area (Å²) < 4.78 is 85.8. The van der Waals surface area contributed by atoms with Crippen LogP contribution in [0.1, 0.15) is 69.2 Å². The smallest absolute Gasteiger partial charge is 0.416 e. The third kappa shape index (κ3) is 7.66. The zero-order valence-electron chi connectivity index (χ0n) is 23.1. The molecule has 0 bridgehead atoms. The van der Waals surface area contributed by atoms with Crippen molar-refractivity contribution in [1.29, 1.82) is 0 Å². The van der Waals surface area contributed by atoms with Crippen molar-refractivity contribution >= 4 is 17.7 Å². The summed E-state index contributed by atoms with van der Waals surface area (Å²) in [5, 5.41) is 12.0. The molecule has 0 saturated heterocycles. The Bertz CT molecular complexity index is 1190. The topological polar surface area (TPSA) is 76.4 Å². The molecule has 2 heterocycles. The maximum atomic E-state index is 14.0. The molecule has 3 rings (SSSR count). The van der Waals surface area contributed by atoms with Crippen molar-refractivity contribution < 1.29 is 35.9 Å². The van der Waals surface area contributed by atoms with Crippen molar-refractivity contribution in [1.82, 2.24) is 20.2 Å². The predicted molar refractivity (Wildman–Crippen MR) is 137 cm³/mol. The summed E-state index contributed by atoms with van der Waals surface area (Å²) in [7, 11) is 1.52. The number of ether oxygens (including phenoxy) is 1. The molecule has 0 spiro atoms. The van der Waals surface area contributed by atoms with E-state index in [1.165, 1.54) is 35.8 Å². The van der Waals surface area contributed by atoms with Crippen molar-refractivity contribution in [2.24, 2.45) is 13.0 Å². The Morgan fingerprint density at radius 3 is 2.45 bits per heavy atom. The number of aryl methyl sites for hydroxylation is 2. The van der Waals surface area contributed by atoms with Gasteiger partial charge in [-0.1, -0.05) is 44.1 Å². The summed E-state index contributed by atoms with van der Waals surface area (Å²) in [5.74, 6) is 0.0909.